The number of aromatic nitrogens is 2. The molecule has 1 aliphatic rings. The summed E-state index contributed by atoms with van der Waals surface area (Å²) in [5.74, 6) is -0.829. The Morgan fingerprint density at radius 1 is 1.32 bits per heavy atom. The summed E-state index contributed by atoms with van der Waals surface area (Å²) >= 11 is 0. The van der Waals surface area contributed by atoms with E-state index in [-0.39, 0.29) is 54.3 Å². The number of nitrogens with one attached hydrogen (secondary N) is 1. The monoisotopic (exact) mass is 318 g/mol. The predicted molar refractivity (Wildman–Crippen MR) is 70.6 cm³/mol. The number of carboxylic acid groups (broad SMARTS) is 1. The van der Waals surface area contributed by atoms with Crippen LogP contribution in [0.25, 0.3) is 0 Å². The molecule has 0 spiro atoms. The summed E-state index contributed by atoms with van der Waals surface area (Å²) in [6.45, 7) is 0.349. The number of aliphatic carboxylic acids is 1. The van der Waals surface area contributed by atoms with Crippen molar-refractivity contribution in [2.75, 3.05) is 12.3 Å². The van der Waals surface area contributed by atoms with Gasteiger partial charge in [0.1, 0.15) is 0 Å². The number of anilines is 1. The Morgan fingerprint density at radius 2 is 2.00 bits per heavy atom. The Labute approximate surface area is 150 Å². The Hall–Kier alpha value is -1.12. The number of carboxylic acids is 1. The Morgan fingerprint density at radius 3 is 2.55 bits per heavy atom. The van der Waals surface area contributed by atoms with E-state index in [1.165, 1.54) is 0 Å². The summed E-state index contributed by atoms with van der Waals surface area (Å²) in [4.78, 5) is 26.7. The van der Waals surface area contributed by atoms with Crippen LogP contribution in [0.1, 0.15) is 44.4 Å². The van der Waals surface area contributed by atoms with Gasteiger partial charge in [0.25, 0.3) is 5.95 Å². The summed E-state index contributed by atoms with van der Waals surface area (Å²) < 4.78 is 4.83. The molecule has 1 amide bonds. The zero-order valence-electron chi connectivity index (χ0n) is 12.8. The summed E-state index contributed by atoms with van der Waals surface area (Å²) in [5, 5.41) is 17.1. The maximum atomic E-state index is 12.0. The van der Waals surface area contributed by atoms with Gasteiger partial charge < -0.3 is 25.5 Å². The molecule has 1 aliphatic carbocycles. The number of hydrogen-bond donors (Lipinski definition) is 2. The van der Waals surface area contributed by atoms with Crippen molar-refractivity contribution < 1.29 is 48.8 Å². The fourth-order valence-corrected chi connectivity index (χ4v) is 2.93. The van der Waals surface area contributed by atoms with Crippen molar-refractivity contribution in [2.45, 2.75) is 44.9 Å². The van der Waals surface area contributed by atoms with E-state index in [4.69, 9.17) is 10.3 Å². The maximum Gasteiger partial charge on any atom is 1.00 e. The van der Waals surface area contributed by atoms with Crippen LogP contribution in [-0.4, -0.2) is 28.6 Å². The van der Waals surface area contributed by atoms with Crippen LogP contribution in [0.15, 0.2) is 4.52 Å². The zero-order chi connectivity index (χ0) is 15.3. The van der Waals surface area contributed by atoms with Crippen molar-refractivity contribution in [2.24, 2.45) is 5.41 Å². The van der Waals surface area contributed by atoms with Crippen molar-refractivity contribution >= 4 is 17.8 Å². The van der Waals surface area contributed by atoms with Gasteiger partial charge in [-0.15, -0.1) is 0 Å². The minimum absolute atomic E-state index is 0. The van der Waals surface area contributed by atoms with Gasteiger partial charge in [0.05, 0.1) is 0 Å². The molecule has 3 N–H and O–H groups in total. The number of rotatable bonds is 7. The second kappa shape index (κ2) is 8.50. The average Bonchev–Trinajstić information content (AvgIpc) is 2.98. The summed E-state index contributed by atoms with van der Waals surface area (Å²) in [7, 11) is 0. The van der Waals surface area contributed by atoms with Gasteiger partial charge in [-0.25, -0.2) is 0 Å². The van der Waals surface area contributed by atoms with Gasteiger partial charge in [0, 0.05) is 25.4 Å². The van der Waals surface area contributed by atoms with Crippen molar-refractivity contribution in [1.82, 2.24) is 15.5 Å². The predicted octanol–water partition coefficient (Wildman–Crippen LogP) is -3.59. The quantitative estimate of drug-likeness (QED) is 0.496. The maximum absolute atomic E-state index is 12.0. The van der Waals surface area contributed by atoms with Crippen LogP contribution in [0.4, 0.5) is 5.95 Å². The van der Waals surface area contributed by atoms with Gasteiger partial charge in [-0.3, -0.25) is 4.79 Å². The minimum Gasteiger partial charge on any atom is -0.550 e. The normalized spacial score (nSPS) is 16.0. The molecule has 9 heteroatoms. The molecule has 116 valence electrons. The van der Waals surface area contributed by atoms with Crippen LogP contribution in [0.3, 0.4) is 0 Å². The topological polar surface area (TPSA) is 134 Å². The van der Waals surface area contributed by atoms with Crippen LogP contribution in [0.5, 0.6) is 0 Å². The second-order valence-electron chi connectivity index (χ2n) is 5.58. The number of carbonyl (C=O) groups is 2. The molecule has 0 aliphatic heterocycles. The minimum atomic E-state index is -1.09. The van der Waals surface area contributed by atoms with Crippen LogP contribution >= 0.6 is 0 Å². The Kier molecular flexibility index (Phi) is 7.31. The van der Waals surface area contributed by atoms with Gasteiger partial charge >= 0.3 is 29.6 Å². The van der Waals surface area contributed by atoms with Gasteiger partial charge in [0.2, 0.25) is 11.8 Å². The van der Waals surface area contributed by atoms with E-state index in [0.29, 0.717) is 18.9 Å². The molecule has 22 heavy (non-hydrogen) atoms. The molecular weight excluding hydrogens is 299 g/mol. The Balaban J connectivity index is 0.00000242. The zero-order valence-corrected chi connectivity index (χ0v) is 14.8. The molecule has 0 unspecified atom stereocenters. The molecule has 1 saturated carbocycles. The van der Waals surface area contributed by atoms with E-state index in [9.17, 15) is 14.7 Å². The molecule has 0 aromatic carbocycles. The van der Waals surface area contributed by atoms with E-state index < -0.39 is 11.4 Å². The number of carbonyl (C=O) groups excluding carboxylic acids is 2. The summed E-state index contributed by atoms with van der Waals surface area (Å²) in [5.41, 5.74) is 4.87. The third-order valence-corrected chi connectivity index (χ3v) is 3.86. The number of nitrogens with two attached hydrogens (primary N) is 1. The standard InChI is InChI=1S/C13H20N4O4.Na/c14-12-16-10(21-17-12)3-6-15-9(18)7-13(8-11(19)20)4-1-2-5-13;/h1-8H2,(H2,14,17)(H,15,18)(H,19,20);/q;+1/p-1. The van der Waals surface area contributed by atoms with Crippen LogP contribution in [-0.2, 0) is 16.0 Å². The molecule has 0 radical (unpaired) electrons. The fraction of sp³-hybridized carbons (Fsp3) is 0.692. The van der Waals surface area contributed by atoms with E-state index in [0.717, 1.165) is 25.7 Å². The SMILES string of the molecule is Nc1noc(CCNC(=O)CC2(CC(=O)[O-])CCCC2)n1.[Na+]. The van der Waals surface area contributed by atoms with Crippen molar-refractivity contribution in [3.05, 3.63) is 5.89 Å². The second-order valence-corrected chi connectivity index (χ2v) is 5.58. The Bertz CT molecular complexity index is 514. The smallest absolute Gasteiger partial charge is 0.550 e. The molecule has 1 aromatic heterocycles. The van der Waals surface area contributed by atoms with Crippen molar-refractivity contribution in [3.8, 4) is 0 Å². The fourth-order valence-electron chi connectivity index (χ4n) is 2.93. The van der Waals surface area contributed by atoms with E-state index in [1.54, 1.807) is 0 Å². The third kappa shape index (κ3) is 5.58. The van der Waals surface area contributed by atoms with Gasteiger partial charge in [-0.2, -0.15) is 4.98 Å². The molecular formula is C13H19N4NaO4. The first-order chi connectivity index (χ1) is 9.99. The molecule has 0 atom stereocenters. The van der Waals surface area contributed by atoms with Crippen molar-refractivity contribution in [3.63, 3.8) is 0 Å². The first-order valence-electron chi connectivity index (χ1n) is 7.04. The molecule has 2 rings (SSSR count). The first-order valence-corrected chi connectivity index (χ1v) is 7.04. The number of amides is 1. The average molecular weight is 318 g/mol. The van der Waals surface area contributed by atoms with E-state index >= 15 is 0 Å². The summed E-state index contributed by atoms with van der Waals surface area (Å²) in [6, 6.07) is 0. The molecule has 0 saturated heterocycles. The van der Waals surface area contributed by atoms with E-state index in [1.807, 2.05) is 0 Å². The molecule has 0 bridgehead atoms. The first kappa shape index (κ1) is 18.9. The molecule has 1 aromatic rings. The van der Waals surface area contributed by atoms with Gasteiger partial charge in [-0.1, -0.05) is 12.8 Å². The number of nitrogen functional groups attached to an aromatic ring is 1. The number of hydrogen-bond acceptors (Lipinski definition) is 7. The van der Waals surface area contributed by atoms with Crippen LogP contribution < -0.4 is 45.7 Å². The number of nitrogens with zero attached hydrogens (tertiary/aromatic N) is 2. The summed E-state index contributed by atoms with van der Waals surface area (Å²) in [6.07, 6.45) is 3.99. The van der Waals surface area contributed by atoms with Crippen LogP contribution in [0, 0.1) is 5.41 Å². The molecule has 1 fully saturated rings. The molecule has 8 nitrogen and oxygen atoms in total. The molecule has 1 heterocycles. The van der Waals surface area contributed by atoms with Crippen molar-refractivity contribution in [1.29, 1.82) is 0 Å². The third-order valence-electron chi connectivity index (χ3n) is 3.86. The van der Waals surface area contributed by atoms with E-state index in [2.05, 4.69) is 15.5 Å². The van der Waals surface area contributed by atoms with Gasteiger partial charge in [-0.05, 0) is 29.8 Å². The van der Waals surface area contributed by atoms with Gasteiger partial charge in [0.15, 0.2) is 0 Å². The van der Waals surface area contributed by atoms with Crippen LogP contribution in [0.2, 0.25) is 0 Å². The largest absolute Gasteiger partial charge is 1.00 e.